The van der Waals surface area contributed by atoms with Crippen molar-refractivity contribution in [3.8, 4) is 22.6 Å². The normalized spacial score (nSPS) is 23.4. The van der Waals surface area contributed by atoms with Crippen molar-refractivity contribution in [2.45, 2.75) is 50.7 Å². The zero-order valence-electron chi connectivity index (χ0n) is 21.8. The predicted molar refractivity (Wildman–Crippen MR) is 149 cm³/mol. The summed E-state index contributed by atoms with van der Waals surface area (Å²) in [6.45, 7) is 5.87. The lowest BCUT2D eigenvalue weighted by atomic mass is 9.89. The third-order valence-corrected chi connectivity index (χ3v) is 8.35. The minimum atomic E-state index is 0.423. The van der Waals surface area contributed by atoms with Crippen LogP contribution in [0, 0.1) is 0 Å². The second-order valence-corrected chi connectivity index (χ2v) is 10.6. The fourth-order valence-corrected chi connectivity index (χ4v) is 6.04. The maximum atomic E-state index is 6.41. The number of likely N-dealkylation sites (N-methyl/N-ethyl adjacent to an activating group) is 1. The number of anilines is 1. The van der Waals surface area contributed by atoms with Crippen LogP contribution in [0.2, 0.25) is 0 Å². The number of fused-ring (bicyclic) bond motifs is 1. The Kier molecular flexibility index (Phi) is 6.57. The van der Waals surface area contributed by atoms with Crippen LogP contribution in [0.4, 0.5) is 5.82 Å². The number of hydrogen-bond acceptors (Lipinski definition) is 6. The topological polar surface area (TPSA) is 72.4 Å². The van der Waals surface area contributed by atoms with Gasteiger partial charge in [-0.05, 0) is 69.5 Å². The van der Waals surface area contributed by atoms with E-state index >= 15 is 0 Å². The lowest BCUT2D eigenvalue weighted by Gasteiger charge is -2.44. The van der Waals surface area contributed by atoms with Crippen molar-refractivity contribution in [3.63, 3.8) is 0 Å². The van der Waals surface area contributed by atoms with Crippen molar-refractivity contribution in [2.75, 3.05) is 32.4 Å². The molecule has 2 aliphatic rings. The van der Waals surface area contributed by atoms with Gasteiger partial charge in [-0.2, -0.15) is 0 Å². The number of para-hydroxylation sites is 1. The van der Waals surface area contributed by atoms with Crippen LogP contribution in [0.1, 0.15) is 38.6 Å². The summed E-state index contributed by atoms with van der Waals surface area (Å²) < 4.78 is 8.35. The Bertz CT molecular complexity index is 1340. The average Bonchev–Trinajstić information content (AvgIpc) is 3.32. The third-order valence-electron chi connectivity index (χ3n) is 8.35. The number of nitrogens with zero attached hydrogens (tertiary/aromatic N) is 5. The van der Waals surface area contributed by atoms with E-state index in [0.29, 0.717) is 23.9 Å². The lowest BCUT2D eigenvalue weighted by molar-refractivity contribution is 0.0519. The number of aromatic nitrogens is 3. The summed E-state index contributed by atoms with van der Waals surface area (Å²) in [5.41, 5.74) is 9.51. The first-order chi connectivity index (χ1) is 18.1. The van der Waals surface area contributed by atoms with Crippen LogP contribution in [-0.2, 0) is 0 Å². The molecule has 2 aromatic carbocycles. The summed E-state index contributed by atoms with van der Waals surface area (Å²) in [7, 11) is 2.24. The molecule has 192 valence electrons. The molecule has 0 bridgehead atoms. The van der Waals surface area contributed by atoms with E-state index in [1.54, 1.807) is 6.33 Å². The van der Waals surface area contributed by atoms with Crippen LogP contribution in [-0.4, -0.2) is 63.1 Å². The molecule has 37 heavy (non-hydrogen) atoms. The molecule has 2 aromatic heterocycles. The van der Waals surface area contributed by atoms with Gasteiger partial charge in [0, 0.05) is 49.5 Å². The first-order valence-corrected chi connectivity index (χ1v) is 13.5. The van der Waals surface area contributed by atoms with Gasteiger partial charge in [0.15, 0.2) is 0 Å². The fourth-order valence-electron chi connectivity index (χ4n) is 6.04. The molecule has 1 aliphatic carbocycles. The number of rotatable bonds is 5. The minimum Gasteiger partial charge on any atom is -0.457 e. The Morgan fingerprint density at radius 1 is 0.865 bits per heavy atom. The first kappa shape index (κ1) is 23.9. The zero-order chi connectivity index (χ0) is 25.4. The Morgan fingerprint density at radius 2 is 1.57 bits per heavy atom. The van der Waals surface area contributed by atoms with Crippen LogP contribution in [0.15, 0.2) is 67.1 Å². The summed E-state index contributed by atoms with van der Waals surface area (Å²) in [6, 6.07) is 19.8. The molecule has 3 heterocycles. The highest BCUT2D eigenvalue weighted by molar-refractivity contribution is 6.00. The van der Waals surface area contributed by atoms with E-state index < -0.39 is 0 Å². The smallest absolute Gasteiger partial charge is 0.146 e. The molecule has 1 saturated carbocycles. The van der Waals surface area contributed by atoms with Crippen LogP contribution in [0.25, 0.3) is 22.2 Å². The molecule has 1 saturated heterocycles. The highest BCUT2D eigenvalue weighted by Gasteiger charge is 2.31. The summed E-state index contributed by atoms with van der Waals surface area (Å²) in [5.74, 6) is 2.16. The highest BCUT2D eigenvalue weighted by atomic mass is 16.5. The van der Waals surface area contributed by atoms with Gasteiger partial charge < -0.3 is 19.9 Å². The Morgan fingerprint density at radius 3 is 2.30 bits per heavy atom. The van der Waals surface area contributed by atoms with Crippen LogP contribution in [0.5, 0.6) is 11.5 Å². The number of benzene rings is 2. The number of ether oxygens (including phenoxy) is 1. The van der Waals surface area contributed by atoms with E-state index in [1.807, 2.05) is 42.5 Å². The summed E-state index contributed by atoms with van der Waals surface area (Å²) in [6.07, 6.45) is 8.59. The van der Waals surface area contributed by atoms with Gasteiger partial charge in [0.05, 0.1) is 5.39 Å². The second-order valence-electron chi connectivity index (χ2n) is 10.6. The molecule has 2 N–H and O–H groups in total. The van der Waals surface area contributed by atoms with Crippen LogP contribution in [0.3, 0.4) is 0 Å². The third kappa shape index (κ3) is 4.81. The molecule has 4 aromatic rings. The van der Waals surface area contributed by atoms with E-state index in [4.69, 9.17) is 15.5 Å². The lowest BCUT2D eigenvalue weighted by Crippen LogP contribution is -2.54. The van der Waals surface area contributed by atoms with E-state index in [0.717, 1.165) is 53.0 Å². The van der Waals surface area contributed by atoms with Crippen molar-refractivity contribution in [1.82, 2.24) is 24.3 Å². The summed E-state index contributed by atoms with van der Waals surface area (Å²) in [4.78, 5) is 14.2. The molecule has 0 unspecified atom stereocenters. The van der Waals surface area contributed by atoms with Gasteiger partial charge in [0.25, 0.3) is 0 Å². The van der Waals surface area contributed by atoms with Gasteiger partial charge >= 0.3 is 0 Å². The minimum absolute atomic E-state index is 0.423. The first-order valence-electron chi connectivity index (χ1n) is 13.5. The molecule has 0 radical (unpaired) electrons. The van der Waals surface area contributed by atoms with Crippen molar-refractivity contribution >= 4 is 16.9 Å². The second kappa shape index (κ2) is 10.1. The molecule has 1 atom stereocenters. The van der Waals surface area contributed by atoms with Crippen LogP contribution < -0.4 is 10.5 Å². The van der Waals surface area contributed by atoms with Gasteiger partial charge in [0.1, 0.15) is 29.3 Å². The highest BCUT2D eigenvalue weighted by Crippen LogP contribution is 2.39. The average molecular weight is 497 g/mol. The molecule has 0 spiro atoms. The number of nitrogen functional groups attached to an aromatic ring is 1. The largest absolute Gasteiger partial charge is 0.457 e. The Labute approximate surface area is 218 Å². The van der Waals surface area contributed by atoms with Crippen molar-refractivity contribution in [3.05, 3.63) is 67.1 Å². The van der Waals surface area contributed by atoms with Crippen molar-refractivity contribution < 1.29 is 4.74 Å². The maximum Gasteiger partial charge on any atom is 0.146 e. The van der Waals surface area contributed by atoms with Gasteiger partial charge in [-0.1, -0.05) is 30.3 Å². The summed E-state index contributed by atoms with van der Waals surface area (Å²) >= 11 is 0. The number of hydrogen-bond donors (Lipinski definition) is 1. The van der Waals surface area contributed by atoms with Gasteiger partial charge in [-0.25, -0.2) is 9.97 Å². The molecular formula is C30H36N6O. The van der Waals surface area contributed by atoms with E-state index in [2.05, 4.69) is 51.7 Å². The molecule has 6 rings (SSSR count). The van der Waals surface area contributed by atoms with Gasteiger partial charge in [-0.3, -0.25) is 4.90 Å². The zero-order valence-corrected chi connectivity index (χ0v) is 21.8. The SMILES string of the molecule is C[C@H]1CN(C2CCC(n3cc(-c4ccc(Oc5ccccc5)cc4)c4c(N)ncnc43)CC2)CCN1C. The number of nitrogens with two attached hydrogens (primary N) is 1. The predicted octanol–water partition coefficient (Wildman–Crippen LogP) is 5.59. The van der Waals surface area contributed by atoms with E-state index in [-0.39, 0.29) is 0 Å². The van der Waals surface area contributed by atoms with Crippen molar-refractivity contribution in [1.29, 1.82) is 0 Å². The Hall–Kier alpha value is -3.42. The summed E-state index contributed by atoms with van der Waals surface area (Å²) in [5, 5.41) is 0.939. The maximum absolute atomic E-state index is 6.41. The molecular weight excluding hydrogens is 460 g/mol. The Balaban J connectivity index is 1.23. The van der Waals surface area contributed by atoms with E-state index in [1.165, 1.54) is 25.9 Å². The number of piperazine rings is 1. The molecule has 7 nitrogen and oxygen atoms in total. The monoisotopic (exact) mass is 496 g/mol. The molecule has 7 heteroatoms. The molecule has 2 fully saturated rings. The van der Waals surface area contributed by atoms with Gasteiger partial charge in [-0.15, -0.1) is 0 Å². The fraction of sp³-hybridized carbons (Fsp3) is 0.400. The standard InChI is InChI=1S/C30H36N6O/c1-21-18-35(17-16-34(21)2)23-10-12-24(13-11-23)36-19-27(28-29(31)32-20-33-30(28)36)22-8-14-26(15-9-22)37-25-6-4-3-5-7-25/h3-9,14-15,19-21,23-24H,10-13,16-18H2,1-2H3,(H2,31,32,33)/t21-,23?,24?/m0/s1. The quantitative estimate of drug-likeness (QED) is 0.388. The molecule has 1 aliphatic heterocycles. The van der Waals surface area contributed by atoms with Crippen LogP contribution >= 0.6 is 0 Å². The van der Waals surface area contributed by atoms with Gasteiger partial charge in [0.2, 0.25) is 0 Å². The molecule has 0 amide bonds. The van der Waals surface area contributed by atoms with Crippen molar-refractivity contribution in [2.24, 2.45) is 0 Å². The van der Waals surface area contributed by atoms with E-state index in [9.17, 15) is 0 Å².